The zero-order chi connectivity index (χ0) is 14.0. The molecule has 2 aliphatic carbocycles. The standard InChI is InChI=1S/C8H13N.C4H7F2N.C2H6/c9-7-6-8-4-2-1-3-5-8;5-4(6)1-3(7)2-4;1-2/h8H,1-6H2;3H,1-2,7H2;1-2H3. The van der Waals surface area contributed by atoms with Crippen molar-refractivity contribution < 1.29 is 8.78 Å². The summed E-state index contributed by atoms with van der Waals surface area (Å²) in [6, 6.07) is 2.00. The molecule has 0 aromatic carbocycles. The highest BCUT2D eigenvalue weighted by Gasteiger charge is 2.43. The highest BCUT2D eigenvalue weighted by atomic mass is 19.3. The largest absolute Gasteiger partial charge is 0.327 e. The van der Waals surface area contributed by atoms with Gasteiger partial charge >= 0.3 is 0 Å². The summed E-state index contributed by atoms with van der Waals surface area (Å²) in [5, 5.41) is 8.37. The Morgan fingerprint density at radius 3 is 1.94 bits per heavy atom. The van der Waals surface area contributed by atoms with Gasteiger partial charge in [-0.2, -0.15) is 5.26 Å². The number of hydrogen-bond acceptors (Lipinski definition) is 2. The Labute approximate surface area is 110 Å². The maximum atomic E-state index is 11.7. The zero-order valence-electron chi connectivity index (χ0n) is 11.6. The van der Waals surface area contributed by atoms with Gasteiger partial charge in [-0.15, -0.1) is 0 Å². The fourth-order valence-electron chi connectivity index (χ4n) is 2.23. The normalized spacial score (nSPS) is 22.4. The summed E-state index contributed by atoms with van der Waals surface area (Å²) < 4.78 is 23.4. The van der Waals surface area contributed by atoms with Gasteiger partial charge in [0.2, 0.25) is 0 Å². The van der Waals surface area contributed by atoms with Crippen LogP contribution in [0.1, 0.15) is 65.2 Å². The van der Waals surface area contributed by atoms with Gasteiger partial charge in [-0.25, -0.2) is 8.78 Å². The lowest BCUT2D eigenvalue weighted by Gasteiger charge is -2.31. The average molecular weight is 260 g/mol. The van der Waals surface area contributed by atoms with E-state index in [1.54, 1.807) is 0 Å². The predicted molar refractivity (Wildman–Crippen MR) is 70.3 cm³/mol. The SMILES string of the molecule is CC.N#CCC1CCCCC1.NC1CC(F)(F)C1. The maximum Gasteiger partial charge on any atom is 0.251 e. The maximum absolute atomic E-state index is 11.7. The first-order valence-corrected chi connectivity index (χ1v) is 7.04. The molecule has 0 heterocycles. The molecule has 0 amide bonds. The monoisotopic (exact) mass is 260 g/mol. The summed E-state index contributed by atoms with van der Waals surface area (Å²) in [4.78, 5) is 0. The van der Waals surface area contributed by atoms with Crippen LogP contribution in [0, 0.1) is 17.2 Å². The Kier molecular flexibility index (Phi) is 8.91. The van der Waals surface area contributed by atoms with Gasteiger partial charge in [-0.1, -0.05) is 33.1 Å². The molecule has 2 nitrogen and oxygen atoms in total. The third-order valence-electron chi connectivity index (χ3n) is 3.23. The highest BCUT2D eigenvalue weighted by Crippen LogP contribution is 2.35. The second-order valence-corrected chi connectivity index (χ2v) is 4.89. The molecule has 0 aromatic rings. The number of hydrogen-bond donors (Lipinski definition) is 1. The van der Waals surface area contributed by atoms with Crippen molar-refractivity contribution in [1.29, 1.82) is 5.26 Å². The van der Waals surface area contributed by atoms with Crippen LogP contribution in [0.3, 0.4) is 0 Å². The number of nitrogens with two attached hydrogens (primary N) is 1. The molecule has 2 rings (SSSR count). The molecule has 0 aromatic heterocycles. The molecule has 0 unspecified atom stereocenters. The minimum absolute atomic E-state index is 0.118. The Hall–Kier alpha value is -0.690. The van der Waals surface area contributed by atoms with E-state index in [2.05, 4.69) is 6.07 Å². The predicted octanol–water partition coefficient (Wildman–Crippen LogP) is 4.25. The molecule has 0 spiro atoms. The van der Waals surface area contributed by atoms with Crippen LogP contribution in [-0.2, 0) is 0 Å². The lowest BCUT2D eigenvalue weighted by molar-refractivity contribution is -0.0840. The van der Waals surface area contributed by atoms with Crippen LogP contribution in [0.25, 0.3) is 0 Å². The first kappa shape index (κ1) is 17.3. The zero-order valence-corrected chi connectivity index (χ0v) is 11.6. The Bertz CT molecular complexity index is 235. The van der Waals surface area contributed by atoms with E-state index < -0.39 is 5.92 Å². The molecule has 0 bridgehead atoms. The van der Waals surface area contributed by atoms with E-state index in [1.807, 2.05) is 13.8 Å². The summed E-state index contributed by atoms with van der Waals surface area (Å²) in [7, 11) is 0. The number of nitriles is 1. The van der Waals surface area contributed by atoms with Crippen LogP contribution >= 0.6 is 0 Å². The van der Waals surface area contributed by atoms with Crippen molar-refractivity contribution in [3.8, 4) is 6.07 Å². The van der Waals surface area contributed by atoms with E-state index in [0.29, 0.717) is 0 Å². The fraction of sp³-hybridized carbons (Fsp3) is 0.929. The molecule has 4 heteroatoms. The summed E-state index contributed by atoms with van der Waals surface area (Å²) >= 11 is 0. The smallest absolute Gasteiger partial charge is 0.251 e. The van der Waals surface area contributed by atoms with Crippen molar-refractivity contribution in [1.82, 2.24) is 0 Å². The van der Waals surface area contributed by atoms with Gasteiger partial charge in [0.05, 0.1) is 6.07 Å². The van der Waals surface area contributed by atoms with Crippen LogP contribution in [0.4, 0.5) is 8.78 Å². The molecule has 0 atom stereocenters. The van der Waals surface area contributed by atoms with E-state index in [4.69, 9.17) is 11.0 Å². The Balaban J connectivity index is 0.000000289. The topological polar surface area (TPSA) is 49.8 Å². The summed E-state index contributed by atoms with van der Waals surface area (Å²) in [5.74, 6) is -1.69. The number of alkyl halides is 2. The molecule has 18 heavy (non-hydrogen) atoms. The summed E-state index contributed by atoms with van der Waals surface area (Å²) in [5.41, 5.74) is 5.07. The molecule has 2 N–H and O–H groups in total. The fourth-order valence-corrected chi connectivity index (χ4v) is 2.23. The van der Waals surface area contributed by atoms with E-state index in [0.717, 1.165) is 12.3 Å². The van der Waals surface area contributed by atoms with Crippen LogP contribution in [0.2, 0.25) is 0 Å². The lowest BCUT2D eigenvalue weighted by atomic mass is 9.87. The van der Waals surface area contributed by atoms with Crippen LogP contribution in [0.5, 0.6) is 0 Å². The molecule has 0 saturated heterocycles. The van der Waals surface area contributed by atoms with Gasteiger partial charge in [0.25, 0.3) is 5.92 Å². The van der Waals surface area contributed by atoms with E-state index in [1.165, 1.54) is 32.1 Å². The quantitative estimate of drug-likeness (QED) is 0.766. The number of halogens is 2. The third kappa shape index (κ3) is 7.60. The average Bonchev–Trinajstić information content (AvgIpc) is 2.32. The summed E-state index contributed by atoms with van der Waals surface area (Å²) in [6.45, 7) is 4.00. The van der Waals surface area contributed by atoms with Gasteiger partial charge < -0.3 is 5.73 Å². The first-order valence-electron chi connectivity index (χ1n) is 7.04. The van der Waals surface area contributed by atoms with Crippen molar-refractivity contribution in [3.05, 3.63) is 0 Å². The van der Waals surface area contributed by atoms with E-state index in [-0.39, 0.29) is 18.9 Å². The molecule has 2 aliphatic rings. The van der Waals surface area contributed by atoms with Crippen molar-refractivity contribution >= 4 is 0 Å². The van der Waals surface area contributed by atoms with Gasteiger partial charge in [0.1, 0.15) is 0 Å². The van der Waals surface area contributed by atoms with Crippen LogP contribution in [0.15, 0.2) is 0 Å². The van der Waals surface area contributed by atoms with Crippen molar-refractivity contribution in [2.45, 2.75) is 77.2 Å². The minimum atomic E-state index is -2.43. The Morgan fingerprint density at radius 1 is 1.17 bits per heavy atom. The third-order valence-corrected chi connectivity index (χ3v) is 3.23. The van der Waals surface area contributed by atoms with Crippen molar-refractivity contribution in [2.24, 2.45) is 11.7 Å². The minimum Gasteiger partial charge on any atom is -0.327 e. The van der Waals surface area contributed by atoms with Gasteiger partial charge in [-0.3, -0.25) is 0 Å². The second-order valence-electron chi connectivity index (χ2n) is 4.89. The highest BCUT2D eigenvalue weighted by molar-refractivity contribution is 4.88. The first-order chi connectivity index (χ1) is 8.53. The van der Waals surface area contributed by atoms with Crippen molar-refractivity contribution in [3.63, 3.8) is 0 Å². The number of nitrogens with zero attached hydrogens (tertiary/aromatic N) is 1. The van der Waals surface area contributed by atoms with Crippen molar-refractivity contribution in [2.75, 3.05) is 0 Å². The molecule has 0 radical (unpaired) electrons. The molecule has 2 fully saturated rings. The van der Waals surface area contributed by atoms with Gasteiger partial charge in [-0.05, 0) is 18.8 Å². The van der Waals surface area contributed by atoms with E-state index >= 15 is 0 Å². The Morgan fingerprint density at radius 2 is 1.67 bits per heavy atom. The summed E-state index contributed by atoms with van der Waals surface area (Å²) in [6.07, 6.45) is 7.25. The number of rotatable bonds is 1. The lowest BCUT2D eigenvalue weighted by Crippen LogP contribution is -2.45. The van der Waals surface area contributed by atoms with Gasteiger partial charge in [0.15, 0.2) is 0 Å². The second kappa shape index (κ2) is 9.27. The molecule has 106 valence electrons. The van der Waals surface area contributed by atoms with Gasteiger partial charge in [0, 0.05) is 25.3 Å². The molecular weight excluding hydrogens is 234 g/mol. The molecule has 0 aliphatic heterocycles. The molecular formula is C14H26F2N2. The van der Waals surface area contributed by atoms with E-state index in [9.17, 15) is 8.78 Å². The van der Waals surface area contributed by atoms with Crippen LogP contribution in [-0.4, -0.2) is 12.0 Å². The molecule has 2 saturated carbocycles. The van der Waals surface area contributed by atoms with Crippen LogP contribution < -0.4 is 5.73 Å².